The maximum atomic E-state index is 13.9. The number of phenols is 4. The van der Waals surface area contributed by atoms with Gasteiger partial charge in [-0.15, -0.1) is 6.58 Å². The van der Waals surface area contributed by atoms with Crippen molar-refractivity contribution in [2.75, 3.05) is 6.61 Å². The number of allylic oxidation sites excluding steroid dienone is 10. The van der Waals surface area contributed by atoms with Gasteiger partial charge in [0.05, 0.1) is 6.61 Å². The van der Waals surface area contributed by atoms with E-state index in [2.05, 4.69) is 124 Å². The highest BCUT2D eigenvalue weighted by Gasteiger charge is 2.47. The van der Waals surface area contributed by atoms with Gasteiger partial charge in [-0.25, -0.2) is 0 Å². The van der Waals surface area contributed by atoms with Gasteiger partial charge in [-0.3, -0.25) is 4.79 Å². The Balaban J connectivity index is 2.10. The van der Waals surface area contributed by atoms with Crippen molar-refractivity contribution in [3.63, 3.8) is 0 Å². The largest absolute Gasteiger partial charge is 0.508 e. The molecule has 0 radical (unpaired) electrons. The summed E-state index contributed by atoms with van der Waals surface area (Å²) >= 11 is 0. The first-order valence-corrected chi connectivity index (χ1v) is 24.9. The Morgan fingerprint density at radius 2 is 1.10 bits per heavy atom. The second-order valence-corrected chi connectivity index (χ2v) is 22.6. The highest BCUT2D eigenvalue weighted by atomic mass is 16.3. The van der Waals surface area contributed by atoms with Crippen molar-refractivity contribution in [3.8, 4) is 23.0 Å². The molecule has 4 atom stereocenters. The summed E-state index contributed by atoms with van der Waals surface area (Å²) in [5.41, 5.74) is 13.0. The fourth-order valence-corrected chi connectivity index (χ4v) is 11.1. The van der Waals surface area contributed by atoms with Crippen molar-refractivity contribution in [2.45, 2.75) is 153 Å². The molecule has 70 heavy (non-hydrogen) atoms. The molecule has 0 fully saturated rings. The normalized spacial score (nSPS) is 17.3. The van der Waals surface area contributed by atoms with Gasteiger partial charge >= 0.3 is 0 Å². The van der Waals surface area contributed by atoms with E-state index in [0.717, 1.165) is 94.6 Å². The van der Waals surface area contributed by atoms with Crippen molar-refractivity contribution < 1.29 is 30.3 Å². The van der Waals surface area contributed by atoms with Crippen molar-refractivity contribution >= 4 is 5.78 Å². The third-order valence-corrected chi connectivity index (χ3v) is 15.5. The number of carbonyl (C=O) groups excluding carboxylic acids is 1. The summed E-state index contributed by atoms with van der Waals surface area (Å²) in [6.07, 6.45) is 14.7. The first-order chi connectivity index (χ1) is 32.4. The zero-order chi connectivity index (χ0) is 52.6. The number of aromatic hydroxyl groups is 4. The highest BCUT2D eigenvalue weighted by Crippen LogP contribution is 2.56. The average Bonchev–Trinajstić information content (AvgIpc) is 3.28. The molecular weight excluding hydrogens is 865 g/mol. The summed E-state index contributed by atoms with van der Waals surface area (Å²) in [4.78, 5) is 13.9. The van der Waals surface area contributed by atoms with E-state index in [4.69, 9.17) is 0 Å². The van der Waals surface area contributed by atoms with E-state index < -0.39 is 16.2 Å². The van der Waals surface area contributed by atoms with Gasteiger partial charge in [0, 0.05) is 28.6 Å². The first kappa shape index (κ1) is 55.1. The zero-order valence-corrected chi connectivity index (χ0v) is 45.4. The number of Topliss-reactive ketones (excluding diaryl/α,β-unsaturated/α-hetero) is 1. The summed E-state index contributed by atoms with van der Waals surface area (Å²) < 4.78 is 0. The third kappa shape index (κ3) is 10.9. The SMILES string of the molecule is C=CCC(C)=C(C=C(C)CO)C(C)(C1=CC(C(C)(c2cc(C)c(O)cc2C)c2cc(C)c(O)cc2C)CC(C(C)(/C=C/C(C)C(=O)CC(C)(C)C)c2cc(C)c(O)cc2C)=C1)c1cc(C)c(O)cc1C. The molecule has 0 saturated carbocycles. The molecule has 4 aromatic carbocycles. The lowest BCUT2D eigenvalue weighted by atomic mass is 9.56. The van der Waals surface area contributed by atoms with Crippen LogP contribution < -0.4 is 0 Å². The number of carbonyl (C=O) groups is 1. The number of phenolic OH excluding ortho intramolecular Hbond substituents is 4. The predicted octanol–water partition coefficient (Wildman–Crippen LogP) is 15.1. The Morgan fingerprint density at radius 1 is 0.671 bits per heavy atom. The molecule has 0 saturated heterocycles. The molecule has 0 heterocycles. The molecule has 4 unspecified atom stereocenters. The monoisotopic (exact) mass is 947 g/mol. The zero-order valence-electron chi connectivity index (χ0n) is 45.4. The number of aliphatic hydroxyl groups excluding tert-OH is 1. The number of rotatable bonds is 16. The Labute approximate surface area is 420 Å². The molecule has 6 nitrogen and oxygen atoms in total. The second kappa shape index (κ2) is 20.9. The molecule has 1 aliphatic carbocycles. The van der Waals surface area contributed by atoms with Gasteiger partial charge in [0.2, 0.25) is 0 Å². The third-order valence-electron chi connectivity index (χ3n) is 15.5. The fourth-order valence-electron chi connectivity index (χ4n) is 11.1. The number of hydrogen-bond donors (Lipinski definition) is 5. The van der Waals surface area contributed by atoms with E-state index in [9.17, 15) is 30.3 Å². The number of aryl methyl sites for hydroxylation is 8. The maximum absolute atomic E-state index is 13.9. The number of benzene rings is 4. The molecule has 0 aliphatic heterocycles. The number of ketones is 1. The van der Waals surface area contributed by atoms with Crippen LogP contribution >= 0.6 is 0 Å². The molecular formula is C64H82O6. The van der Waals surface area contributed by atoms with Gasteiger partial charge in [0.15, 0.2) is 0 Å². The fraction of sp³-hybridized carbons (Fsp3) is 0.422. The summed E-state index contributed by atoms with van der Waals surface area (Å²) in [6.45, 7) is 39.1. The van der Waals surface area contributed by atoms with Gasteiger partial charge in [-0.05, 0) is 215 Å². The van der Waals surface area contributed by atoms with Crippen LogP contribution in [-0.2, 0) is 21.0 Å². The van der Waals surface area contributed by atoms with Crippen molar-refractivity contribution in [1.82, 2.24) is 0 Å². The minimum atomic E-state index is -0.906. The summed E-state index contributed by atoms with van der Waals surface area (Å²) in [7, 11) is 0. The lowest BCUT2D eigenvalue weighted by molar-refractivity contribution is -0.122. The number of hydrogen-bond acceptors (Lipinski definition) is 6. The molecule has 4 aromatic rings. The summed E-state index contributed by atoms with van der Waals surface area (Å²) in [5, 5.41) is 55.5. The Morgan fingerprint density at radius 3 is 1.54 bits per heavy atom. The minimum absolute atomic E-state index is 0.136. The molecule has 374 valence electrons. The van der Waals surface area contributed by atoms with E-state index in [1.165, 1.54) is 0 Å². The van der Waals surface area contributed by atoms with Gasteiger partial charge in [-0.1, -0.05) is 106 Å². The highest BCUT2D eigenvalue weighted by molar-refractivity contribution is 5.83. The minimum Gasteiger partial charge on any atom is -0.508 e. The Kier molecular flexibility index (Phi) is 16.4. The van der Waals surface area contributed by atoms with Crippen LogP contribution in [0.2, 0.25) is 0 Å². The molecule has 0 amide bonds. The predicted molar refractivity (Wildman–Crippen MR) is 291 cm³/mol. The maximum Gasteiger partial charge on any atom is 0.139 e. The lowest BCUT2D eigenvalue weighted by Gasteiger charge is -2.47. The van der Waals surface area contributed by atoms with Crippen LogP contribution in [0.3, 0.4) is 0 Å². The topological polar surface area (TPSA) is 118 Å². The molecule has 5 N–H and O–H groups in total. The Hall–Kier alpha value is -5.85. The Bertz CT molecular complexity index is 2790. The molecule has 0 spiro atoms. The van der Waals surface area contributed by atoms with Crippen LogP contribution in [0.4, 0.5) is 0 Å². The van der Waals surface area contributed by atoms with E-state index in [-0.39, 0.29) is 52.6 Å². The summed E-state index contributed by atoms with van der Waals surface area (Å²) in [6, 6.07) is 15.8. The quantitative estimate of drug-likeness (QED) is 0.0564. The van der Waals surface area contributed by atoms with Gasteiger partial charge in [0.25, 0.3) is 0 Å². The van der Waals surface area contributed by atoms with Gasteiger partial charge < -0.3 is 25.5 Å². The second-order valence-electron chi connectivity index (χ2n) is 22.6. The van der Waals surface area contributed by atoms with Gasteiger partial charge in [-0.2, -0.15) is 0 Å². The summed E-state index contributed by atoms with van der Waals surface area (Å²) in [5.74, 6) is 0.370. The average molecular weight is 947 g/mol. The van der Waals surface area contributed by atoms with Crippen molar-refractivity contribution in [2.24, 2.45) is 17.3 Å². The van der Waals surface area contributed by atoms with E-state index in [0.29, 0.717) is 19.3 Å². The first-order valence-electron chi connectivity index (χ1n) is 24.9. The smallest absolute Gasteiger partial charge is 0.139 e. The van der Waals surface area contributed by atoms with E-state index >= 15 is 0 Å². The number of aliphatic hydroxyl groups is 1. The molecule has 5 rings (SSSR count). The van der Waals surface area contributed by atoms with Crippen LogP contribution in [0.1, 0.15) is 148 Å². The van der Waals surface area contributed by atoms with Crippen LogP contribution in [-0.4, -0.2) is 37.9 Å². The van der Waals surface area contributed by atoms with E-state index in [1.54, 1.807) is 0 Å². The van der Waals surface area contributed by atoms with Crippen LogP contribution in [0.15, 0.2) is 119 Å². The van der Waals surface area contributed by atoms with Crippen LogP contribution in [0.5, 0.6) is 23.0 Å². The van der Waals surface area contributed by atoms with E-state index in [1.807, 2.05) is 85.7 Å². The van der Waals surface area contributed by atoms with Crippen molar-refractivity contribution in [1.29, 1.82) is 0 Å². The molecule has 1 aliphatic rings. The standard InChI is InChI=1S/C64H82O6/c1-19-20-38(3)52(23-37(2)36-65)63(17,53-25-45(10)57(67)29-41(53)6)49-32-48(62(16,51-24-44(9)56(66)28-40(51)5)22-21-39(4)60(70)35-61(13,14)15)33-50(34-49)64(18,54-26-46(11)58(68)30-42(54)7)55-27-47(12)59(69)31-43(55)8/h19,21-32,34,39,50,65-69H,1,20,33,35-36H2,2-18H3/b22-21+,37-23?,52-38?. The molecule has 0 aromatic heterocycles. The van der Waals surface area contributed by atoms with Crippen LogP contribution in [0, 0.1) is 72.6 Å². The molecule has 6 heteroatoms. The van der Waals surface area contributed by atoms with Crippen LogP contribution in [0.25, 0.3) is 0 Å². The molecule has 0 bridgehead atoms. The van der Waals surface area contributed by atoms with Gasteiger partial charge in [0.1, 0.15) is 28.8 Å². The van der Waals surface area contributed by atoms with Crippen molar-refractivity contribution in [3.05, 3.63) is 186 Å². The lowest BCUT2D eigenvalue weighted by Crippen LogP contribution is -2.40.